The molecule has 3 rings (SSSR count). The fourth-order valence-electron chi connectivity index (χ4n) is 3.07. The molecule has 138 valence electrons. The molecule has 2 aromatic rings. The summed E-state index contributed by atoms with van der Waals surface area (Å²) in [6.07, 6.45) is 0.471. The molecule has 0 radical (unpaired) electrons. The predicted octanol–water partition coefficient (Wildman–Crippen LogP) is 4.14. The first-order valence-corrected chi connectivity index (χ1v) is 9.60. The zero-order valence-electron chi connectivity index (χ0n) is 14.6. The fourth-order valence-corrected chi connectivity index (χ4v) is 3.37. The van der Waals surface area contributed by atoms with E-state index in [1.165, 1.54) is 5.56 Å². The molecule has 1 heterocycles. The molecule has 0 unspecified atom stereocenters. The number of hydrogen-bond donors (Lipinski definition) is 1. The van der Waals surface area contributed by atoms with E-state index in [1.54, 1.807) is 12.1 Å². The lowest BCUT2D eigenvalue weighted by atomic mass is 10.2. The largest absolute Gasteiger partial charge is 0.384 e. The Kier molecular flexibility index (Phi) is 6.78. The van der Waals surface area contributed by atoms with Gasteiger partial charge in [0.25, 0.3) is 0 Å². The fraction of sp³-hybridized carbons (Fsp3) is 0.350. The normalized spacial score (nSPS) is 15.1. The van der Waals surface area contributed by atoms with Crippen LogP contribution in [0.4, 0.5) is 5.69 Å². The van der Waals surface area contributed by atoms with E-state index in [0.29, 0.717) is 23.0 Å². The van der Waals surface area contributed by atoms with Crippen molar-refractivity contribution >= 4 is 34.8 Å². The molecule has 26 heavy (non-hydrogen) atoms. The third-order valence-electron chi connectivity index (χ3n) is 4.56. The van der Waals surface area contributed by atoms with Gasteiger partial charge >= 0.3 is 0 Å². The minimum Gasteiger partial charge on any atom is -0.384 e. The molecular weight excluding hydrogens is 369 g/mol. The van der Waals surface area contributed by atoms with E-state index in [-0.39, 0.29) is 5.91 Å². The highest BCUT2D eigenvalue weighted by atomic mass is 35.5. The summed E-state index contributed by atoms with van der Waals surface area (Å²) >= 11 is 11.9. The van der Waals surface area contributed by atoms with Crippen LogP contribution in [0.5, 0.6) is 0 Å². The van der Waals surface area contributed by atoms with Crippen molar-refractivity contribution < 1.29 is 4.79 Å². The van der Waals surface area contributed by atoms with Crippen molar-refractivity contribution in [3.63, 3.8) is 0 Å². The molecule has 1 amide bonds. The molecule has 1 fully saturated rings. The lowest BCUT2D eigenvalue weighted by molar-refractivity contribution is -0.132. The highest BCUT2D eigenvalue weighted by Gasteiger charge is 2.20. The second kappa shape index (κ2) is 9.26. The average molecular weight is 392 g/mol. The summed E-state index contributed by atoms with van der Waals surface area (Å²) in [6, 6.07) is 15.8. The van der Waals surface area contributed by atoms with Crippen LogP contribution in [0, 0.1) is 0 Å². The Morgan fingerprint density at radius 1 is 0.962 bits per heavy atom. The summed E-state index contributed by atoms with van der Waals surface area (Å²) in [4.78, 5) is 16.7. The van der Waals surface area contributed by atoms with Crippen LogP contribution in [0.1, 0.15) is 12.0 Å². The summed E-state index contributed by atoms with van der Waals surface area (Å²) in [5.41, 5.74) is 2.19. The molecule has 1 aliphatic heterocycles. The van der Waals surface area contributed by atoms with E-state index < -0.39 is 0 Å². The third kappa shape index (κ3) is 5.37. The number of nitrogens with one attached hydrogen (secondary N) is 1. The Labute approximate surface area is 164 Å². The minimum absolute atomic E-state index is 0.192. The lowest BCUT2D eigenvalue weighted by Crippen LogP contribution is -2.48. The van der Waals surface area contributed by atoms with Gasteiger partial charge in [-0.15, -0.1) is 0 Å². The summed E-state index contributed by atoms with van der Waals surface area (Å²) in [6.45, 7) is 4.95. The average Bonchev–Trinajstić information content (AvgIpc) is 2.66. The van der Waals surface area contributed by atoms with Crippen molar-refractivity contribution in [3.8, 4) is 0 Å². The van der Waals surface area contributed by atoms with Gasteiger partial charge in [0.15, 0.2) is 0 Å². The monoisotopic (exact) mass is 391 g/mol. The Balaban J connectivity index is 1.38. The van der Waals surface area contributed by atoms with E-state index in [1.807, 2.05) is 17.0 Å². The lowest BCUT2D eigenvalue weighted by Gasteiger charge is -2.34. The zero-order valence-corrected chi connectivity index (χ0v) is 16.1. The maximum Gasteiger partial charge on any atom is 0.224 e. The standard InChI is InChI=1S/C20H23Cl2N3O/c21-18-7-6-17(14-19(18)22)23-9-8-20(26)25-12-10-24(11-13-25)15-16-4-2-1-3-5-16/h1-7,14,23H,8-13,15H2. The second-order valence-corrected chi connectivity index (χ2v) is 7.26. The molecule has 4 nitrogen and oxygen atoms in total. The number of piperazine rings is 1. The van der Waals surface area contributed by atoms with Gasteiger partial charge in [-0.1, -0.05) is 53.5 Å². The number of halogens is 2. The van der Waals surface area contributed by atoms with Crippen molar-refractivity contribution in [2.75, 3.05) is 38.0 Å². The van der Waals surface area contributed by atoms with Crippen LogP contribution >= 0.6 is 23.2 Å². The second-order valence-electron chi connectivity index (χ2n) is 6.45. The van der Waals surface area contributed by atoms with Crippen LogP contribution in [-0.2, 0) is 11.3 Å². The third-order valence-corrected chi connectivity index (χ3v) is 5.30. The number of anilines is 1. The minimum atomic E-state index is 0.192. The van der Waals surface area contributed by atoms with Gasteiger partial charge < -0.3 is 10.2 Å². The molecule has 0 aromatic heterocycles. The van der Waals surface area contributed by atoms with Crippen molar-refractivity contribution in [2.45, 2.75) is 13.0 Å². The first-order chi connectivity index (χ1) is 12.6. The maximum absolute atomic E-state index is 12.4. The zero-order chi connectivity index (χ0) is 18.4. The van der Waals surface area contributed by atoms with Crippen LogP contribution in [-0.4, -0.2) is 48.4 Å². The molecule has 1 N–H and O–H groups in total. The number of benzene rings is 2. The summed E-state index contributed by atoms with van der Waals surface area (Å²) < 4.78 is 0. The Bertz CT molecular complexity index is 731. The molecule has 0 spiro atoms. The van der Waals surface area contributed by atoms with Crippen LogP contribution in [0.3, 0.4) is 0 Å². The number of amides is 1. The van der Waals surface area contributed by atoms with E-state index in [9.17, 15) is 4.79 Å². The number of hydrogen-bond acceptors (Lipinski definition) is 3. The van der Waals surface area contributed by atoms with E-state index in [0.717, 1.165) is 38.4 Å². The van der Waals surface area contributed by atoms with E-state index in [4.69, 9.17) is 23.2 Å². The Hall–Kier alpha value is -1.75. The molecule has 2 aromatic carbocycles. The van der Waals surface area contributed by atoms with Gasteiger partial charge in [-0.3, -0.25) is 9.69 Å². The van der Waals surface area contributed by atoms with Crippen molar-refractivity contribution in [2.24, 2.45) is 0 Å². The van der Waals surface area contributed by atoms with Crippen molar-refractivity contribution in [3.05, 3.63) is 64.1 Å². The molecule has 0 atom stereocenters. The molecule has 1 saturated heterocycles. The number of carbonyl (C=O) groups excluding carboxylic acids is 1. The Morgan fingerprint density at radius 3 is 2.38 bits per heavy atom. The van der Waals surface area contributed by atoms with E-state index in [2.05, 4.69) is 34.5 Å². The van der Waals surface area contributed by atoms with Crippen molar-refractivity contribution in [1.82, 2.24) is 9.80 Å². The van der Waals surface area contributed by atoms with Crippen molar-refractivity contribution in [1.29, 1.82) is 0 Å². The maximum atomic E-state index is 12.4. The molecule has 0 saturated carbocycles. The van der Waals surface area contributed by atoms with Gasteiger partial charge in [-0.05, 0) is 23.8 Å². The molecular formula is C20H23Cl2N3O. The van der Waals surface area contributed by atoms with Gasteiger partial charge in [0.1, 0.15) is 0 Å². The van der Waals surface area contributed by atoms with Gasteiger partial charge in [-0.25, -0.2) is 0 Å². The van der Waals surface area contributed by atoms with Crippen LogP contribution in [0.25, 0.3) is 0 Å². The van der Waals surface area contributed by atoms with Crippen LogP contribution in [0.2, 0.25) is 10.0 Å². The highest BCUT2D eigenvalue weighted by molar-refractivity contribution is 6.42. The number of carbonyl (C=O) groups is 1. The number of nitrogens with zero attached hydrogens (tertiary/aromatic N) is 2. The quantitative estimate of drug-likeness (QED) is 0.803. The highest BCUT2D eigenvalue weighted by Crippen LogP contribution is 2.24. The summed E-state index contributed by atoms with van der Waals surface area (Å²) in [5.74, 6) is 0.192. The van der Waals surface area contributed by atoms with Crippen LogP contribution < -0.4 is 5.32 Å². The molecule has 0 bridgehead atoms. The molecule has 0 aliphatic carbocycles. The Morgan fingerprint density at radius 2 is 1.69 bits per heavy atom. The first kappa shape index (κ1) is 19.0. The number of rotatable bonds is 6. The van der Waals surface area contributed by atoms with Gasteiger partial charge in [0.2, 0.25) is 5.91 Å². The van der Waals surface area contributed by atoms with Gasteiger partial charge in [0, 0.05) is 51.4 Å². The van der Waals surface area contributed by atoms with Gasteiger partial charge in [-0.2, -0.15) is 0 Å². The summed E-state index contributed by atoms with van der Waals surface area (Å²) in [5, 5.41) is 4.26. The smallest absolute Gasteiger partial charge is 0.224 e. The first-order valence-electron chi connectivity index (χ1n) is 8.85. The summed E-state index contributed by atoms with van der Waals surface area (Å²) in [7, 11) is 0. The van der Waals surface area contributed by atoms with Crippen LogP contribution in [0.15, 0.2) is 48.5 Å². The van der Waals surface area contributed by atoms with Gasteiger partial charge in [0.05, 0.1) is 10.0 Å². The molecule has 6 heteroatoms. The predicted molar refractivity (Wildman–Crippen MR) is 108 cm³/mol. The molecule has 1 aliphatic rings. The SMILES string of the molecule is O=C(CCNc1ccc(Cl)c(Cl)c1)N1CCN(Cc2ccccc2)CC1. The topological polar surface area (TPSA) is 35.6 Å². The van der Waals surface area contributed by atoms with E-state index >= 15 is 0 Å².